The number of halogens is 2. The quantitative estimate of drug-likeness (QED) is 0.856. The molecule has 3 N–H and O–H groups in total. The van der Waals surface area contributed by atoms with Crippen molar-refractivity contribution in [2.24, 2.45) is 0 Å². The molecule has 0 saturated heterocycles. The van der Waals surface area contributed by atoms with E-state index in [2.05, 4.69) is 4.72 Å². The zero-order valence-corrected chi connectivity index (χ0v) is 11.2. The predicted octanol–water partition coefficient (Wildman–Crippen LogP) is 2.86. The van der Waals surface area contributed by atoms with Crippen LogP contribution < -0.4 is 10.5 Å². The highest BCUT2D eigenvalue weighted by Gasteiger charge is 2.19. The minimum atomic E-state index is -3.99. The standard InChI is InChI=1S/C12H10ClFN2O2S/c13-9-3-1-2-4-11(9)16-19(17,18)12-7-8(14)5-6-10(12)15/h1-7,16H,15H2. The molecule has 100 valence electrons. The molecule has 0 amide bonds. The number of nitrogens with one attached hydrogen (secondary N) is 1. The van der Waals surface area contributed by atoms with Crippen molar-refractivity contribution < 1.29 is 12.8 Å². The maximum Gasteiger partial charge on any atom is 0.264 e. The van der Waals surface area contributed by atoms with Crippen LogP contribution in [-0.2, 0) is 10.0 Å². The van der Waals surface area contributed by atoms with Gasteiger partial charge >= 0.3 is 0 Å². The van der Waals surface area contributed by atoms with Gasteiger partial charge in [-0.2, -0.15) is 0 Å². The largest absolute Gasteiger partial charge is 0.398 e. The molecule has 0 spiro atoms. The molecule has 2 aromatic rings. The Morgan fingerprint density at radius 1 is 1.16 bits per heavy atom. The number of nitrogens with two attached hydrogens (primary N) is 1. The van der Waals surface area contributed by atoms with Crippen LogP contribution in [-0.4, -0.2) is 8.42 Å². The lowest BCUT2D eigenvalue weighted by atomic mass is 10.3. The van der Waals surface area contributed by atoms with Crippen LogP contribution in [0, 0.1) is 5.82 Å². The van der Waals surface area contributed by atoms with Gasteiger partial charge in [-0.25, -0.2) is 12.8 Å². The fraction of sp³-hybridized carbons (Fsp3) is 0. The molecule has 0 aromatic heterocycles. The summed E-state index contributed by atoms with van der Waals surface area (Å²) in [6.45, 7) is 0. The van der Waals surface area contributed by atoms with Crippen molar-refractivity contribution in [3.05, 3.63) is 53.3 Å². The summed E-state index contributed by atoms with van der Waals surface area (Å²) in [5, 5.41) is 0.237. The number of hydrogen-bond acceptors (Lipinski definition) is 3. The van der Waals surface area contributed by atoms with E-state index in [0.717, 1.165) is 12.1 Å². The van der Waals surface area contributed by atoms with Crippen LogP contribution in [0.2, 0.25) is 5.02 Å². The first-order chi connectivity index (χ1) is 8.90. The van der Waals surface area contributed by atoms with Crippen LogP contribution in [0.4, 0.5) is 15.8 Å². The Morgan fingerprint density at radius 2 is 1.84 bits per heavy atom. The number of sulfonamides is 1. The van der Waals surface area contributed by atoms with Gasteiger partial charge in [-0.05, 0) is 30.3 Å². The second-order valence-electron chi connectivity index (χ2n) is 3.77. The number of benzene rings is 2. The molecule has 0 aliphatic rings. The van der Waals surface area contributed by atoms with Crippen LogP contribution in [0.15, 0.2) is 47.4 Å². The average molecular weight is 301 g/mol. The van der Waals surface area contributed by atoms with Gasteiger partial charge in [-0.3, -0.25) is 4.72 Å². The molecule has 0 saturated carbocycles. The van der Waals surface area contributed by atoms with E-state index in [9.17, 15) is 12.8 Å². The van der Waals surface area contributed by atoms with Crippen molar-refractivity contribution >= 4 is 33.0 Å². The zero-order valence-electron chi connectivity index (χ0n) is 9.60. The van der Waals surface area contributed by atoms with Crippen molar-refractivity contribution in [2.75, 3.05) is 10.5 Å². The van der Waals surface area contributed by atoms with E-state index in [0.29, 0.717) is 0 Å². The van der Waals surface area contributed by atoms with Crippen molar-refractivity contribution in [3.8, 4) is 0 Å². The molecule has 4 nitrogen and oxygen atoms in total. The normalized spacial score (nSPS) is 11.3. The Labute approximate surface area is 115 Å². The van der Waals surface area contributed by atoms with Gasteiger partial charge in [0.1, 0.15) is 10.7 Å². The van der Waals surface area contributed by atoms with Crippen molar-refractivity contribution in [1.82, 2.24) is 0 Å². The molecule has 0 radical (unpaired) electrons. The maximum atomic E-state index is 13.1. The topological polar surface area (TPSA) is 72.2 Å². The summed E-state index contributed by atoms with van der Waals surface area (Å²) >= 11 is 5.86. The highest BCUT2D eigenvalue weighted by Crippen LogP contribution is 2.26. The van der Waals surface area contributed by atoms with E-state index < -0.39 is 15.8 Å². The van der Waals surface area contributed by atoms with Crippen LogP contribution >= 0.6 is 11.6 Å². The Bertz CT molecular complexity index is 719. The first-order valence-electron chi connectivity index (χ1n) is 5.22. The van der Waals surface area contributed by atoms with E-state index in [-0.39, 0.29) is 21.3 Å². The molecule has 0 aliphatic carbocycles. The third-order valence-electron chi connectivity index (χ3n) is 2.38. The van der Waals surface area contributed by atoms with Gasteiger partial charge in [0, 0.05) is 0 Å². The molecule has 0 bridgehead atoms. The van der Waals surface area contributed by atoms with Gasteiger partial charge in [0.25, 0.3) is 10.0 Å². The fourth-order valence-corrected chi connectivity index (χ4v) is 2.95. The Morgan fingerprint density at radius 3 is 2.53 bits per heavy atom. The number of anilines is 2. The minimum absolute atomic E-state index is 0.0408. The summed E-state index contributed by atoms with van der Waals surface area (Å²) in [5.41, 5.74) is 5.71. The average Bonchev–Trinajstić information content (AvgIpc) is 2.35. The van der Waals surface area contributed by atoms with E-state index in [4.69, 9.17) is 17.3 Å². The lowest BCUT2D eigenvalue weighted by Gasteiger charge is -2.11. The van der Waals surface area contributed by atoms with E-state index in [1.807, 2.05) is 0 Å². The third kappa shape index (κ3) is 2.97. The summed E-state index contributed by atoms with van der Waals surface area (Å²) in [5.74, 6) is -0.686. The molecule has 7 heteroatoms. The number of nitrogen functional groups attached to an aromatic ring is 1. The molecule has 0 heterocycles. The van der Waals surface area contributed by atoms with Gasteiger partial charge in [0.2, 0.25) is 0 Å². The summed E-state index contributed by atoms with van der Waals surface area (Å²) in [6.07, 6.45) is 0. The highest BCUT2D eigenvalue weighted by atomic mass is 35.5. The number of para-hydroxylation sites is 1. The fourth-order valence-electron chi connectivity index (χ4n) is 1.48. The van der Waals surface area contributed by atoms with Crippen LogP contribution in [0.3, 0.4) is 0 Å². The van der Waals surface area contributed by atoms with Crippen LogP contribution in [0.25, 0.3) is 0 Å². The minimum Gasteiger partial charge on any atom is -0.398 e. The lowest BCUT2D eigenvalue weighted by molar-refractivity contribution is 0.596. The van der Waals surface area contributed by atoms with Crippen molar-refractivity contribution in [3.63, 3.8) is 0 Å². The van der Waals surface area contributed by atoms with Gasteiger partial charge in [0.15, 0.2) is 0 Å². The molecule has 2 rings (SSSR count). The summed E-state index contributed by atoms with van der Waals surface area (Å²) in [6, 6.07) is 9.45. The smallest absolute Gasteiger partial charge is 0.264 e. The summed E-state index contributed by atoms with van der Waals surface area (Å²) in [4.78, 5) is -0.326. The Balaban J connectivity index is 2.44. The molecule has 0 fully saturated rings. The molecule has 2 aromatic carbocycles. The van der Waals surface area contributed by atoms with Gasteiger partial charge in [0.05, 0.1) is 16.4 Å². The van der Waals surface area contributed by atoms with E-state index >= 15 is 0 Å². The molecule has 19 heavy (non-hydrogen) atoms. The second-order valence-corrected chi connectivity index (χ2v) is 5.83. The van der Waals surface area contributed by atoms with E-state index in [1.54, 1.807) is 12.1 Å². The van der Waals surface area contributed by atoms with Gasteiger partial charge < -0.3 is 5.73 Å². The van der Waals surface area contributed by atoms with E-state index in [1.165, 1.54) is 18.2 Å². The second kappa shape index (κ2) is 5.07. The molecule has 0 aliphatic heterocycles. The molecule has 0 unspecified atom stereocenters. The van der Waals surface area contributed by atoms with Crippen molar-refractivity contribution in [2.45, 2.75) is 4.90 Å². The molecule has 0 atom stereocenters. The van der Waals surface area contributed by atoms with Crippen LogP contribution in [0.1, 0.15) is 0 Å². The molecular weight excluding hydrogens is 291 g/mol. The Kier molecular flexibility index (Phi) is 3.64. The lowest BCUT2D eigenvalue weighted by Crippen LogP contribution is -2.15. The SMILES string of the molecule is Nc1ccc(F)cc1S(=O)(=O)Nc1ccccc1Cl. The Hall–Kier alpha value is -1.79. The third-order valence-corrected chi connectivity index (χ3v) is 4.13. The first-order valence-corrected chi connectivity index (χ1v) is 7.08. The highest BCUT2D eigenvalue weighted by molar-refractivity contribution is 7.92. The van der Waals surface area contributed by atoms with Gasteiger partial charge in [-0.15, -0.1) is 0 Å². The molecular formula is C12H10ClFN2O2S. The maximum absolute atomic E-state index is 13.1. The van der Waals surface area contributed by atoms with Crippen LogP contribution in [0.5, 0.6) is 0 Å². The predicted molar refractivity (Wildman–Crippen MR) is 73.1 cm³/mol. The first kappa shape index (κ1) is 13.6. The summed E-state index contributed by atoms with van der Waals surface area (Å²) in [7, 11) is -3.99. The summed E-state index contributed by atoms with van der Waals surface area (Å²) < 4.78 is 39.6. The van der Waals surface area contributed by atoms with Crippen molar-refractivity contribution in [1.29, 1.82) is 0 Å². The number of rotatable bonds is 3. The van der Waals surface area contributed by atoms with Gasteiger partial charge in [-0.1, -0.05) is 23.7 Å². The zero-order chi connectivity index (χ0) is 14.0. The monoisotopic (exact) mass is 300 g/mol. The number of hydrogen-bond donors (Lipinski definition) is 2.